The van der Waals surface area contributed by atoms with E-state index in [2.05, 4.69) is 4.99 Å². The normalized spacial score (nSPS) is 12.4. The second-order valence-electron chi connectivity index (χ2n) is 6.96. The lowest BCUT2D eigenvalue weighted by Gasteiger charge is -2.04. The van der Waals surface area contributed by atoms with E-state index in [1.807, 2.05) is 0 Å². The highest BCUT2D eigenvalue weighted by Crippen LogP contribution is 2.29. The Balaban J connectivity index is 1.84. The van der Waals surface area contributed by atoms with Gasteiger partial charge in [0.05, 0.1) is 32.0 Å². The van der Waals surface area contributed by atoms with E-state index in [0.717, 1.165) is 28.9 Å². The van der Waals surface area contributed by atoms with Crippen LogP contribution in [0, 0.1) is 10.1 Å². The van der Waals surface area contributed by atoms with E-state index >= 15 is 0 Å². The maximum Gasteiger partial charge on any atom is 0.325 e. The Morgan fingerprint density at radius 1 is 1.12 bits per heavy atom. The summed E-state index contributed by atoms with van der Waals surface area (Å²) in [7, 11) is -2.22. The number of thiazole rings is 1. The summed E-state index contributed by atoms with van der Waals surface area (Å²) in [6.45, 7) is -0.223. The summed E-state index contributed by atoms with van der Waals surface area (Å²) < 4.78 is 31.3. The lowest BCUT2D eigenvalue weighted by Crippen LogP contribution is -2.22. The Kier molecular flexibility index (Phi) is 5.86. The fourth-order valence-corrected chi connectivity index (χ4v) is 5.82. The highest BCUT2D eigenvalue weighted by molar-refractivity contribution is 7.90. The molecule has 0 saturated carbocycles. The highest BCUT2D eigenvalue weighted by Gasteiger charge is 2.17. The molecule has 0 aliphatic heterocycles. The third kappa shape index (κ3) is 4.55. The number of fused-ring (bicyclic) bond motifs is 2. The lowest BCUT2D eigenvalue weighted by molar-refractivity contribution is -0.384. The Hall–Kier alpha value is -3.42. The van der Waals surface area contributed by atoms with Gasteiger partial charge in [-0.3, -0.25) is 19.7 Å². The molecule has 0 unspecified atom stereocenters. The molecule has 0 spiro atoms. The number of benzene rings is 2. The van der Waals surface area contributed by atoms with Crippen LogP contribution in [0.2, 0.25) is 0 Å². The van der Waals surface area contributed by atoms with Crippen LogP contribution in [0.3, 0.4) is 0 Å². The highest BCUT2D eigenvalue weighted by atomic mass is 32.2. The molecule has 0 bridgehead atoms. The van der Waals surface area contributed by atoms with Crippen molar-refractivity contribution in [1.29, 1.82) is 0 Å². The first kappa shape index (κ1) is 22.8. The minimum Gasteiger partial charge on any atom is -0.468 e. The molecule has 0 aliphatic rings. The Morgan fingerprint density at radius 3 is 2.55 bits per heavy atom. The summed E-state index contributed by atoms with van der Waals surface area (Å²) in [4.78, 5) is 40.1. The number of thiophene rings is 1. The van der Waals surface area contributed by atoms with Gasteiger partial charge < -0.3 is 9.30 Å². The molecule has 4 aromatic rings. The second-order valence-corrected chi connectivity index (χ2v) is 11.1. The monoisotopic (exact) mass is 505 g/mol. The number of hydrogen-bond donors (Lipinski definition) is 0. The average molecular weight is 506 g/mol. The van der Waals surface area contributed by atoms with Gasteiger partial charge in [-0.05, 0) is 30.3 Å². The zero-order chi connectivity index (χ0) is 23.9. The summed E-state index contributed by atoms with van der Waals surface area (Å²) in [5, 5.41) is 11.5. The van der Waals surface area contributed by atoms with Crippen molar-refractivity contribution >= 4 is 70.4 Å². The fourth-order valence-electron chi connectivity index (χ4n) is 3.11. The molecule has 1 amide bonds. The van der Waals surface area contributed by atoms with E-state index in [1.54, 1.807) is 12.1 Å². The van der Waals surface area contributed by atoms with Crippen molar-refractivity contribution < 1.29 is 27.7 Å². The van der Waals surface area contributed by atoms with E-state index < -0.39 is 26.6 Å². The molecule has 2 aromatic carbocycles. The van der Waals surface area contributed by atoms with Crippen molar-refractivity contribution in [2.75, 3.05) is 13.4 Å². The maximum absolute atomic E-state index is 12.9. The van der Waals surface area contributed by atoms with Crippen LogP contribution in [0.25, 0.3) is 20.3 Å². The maximum atomic E-state index is 12.9. The van der Waals surface area contributed by atoms with Crippen LogP contribution in [0.4, 0.5) is 5.69 Å². The number of carbonyl (C=O) groups excluding carboxylic acids is 2. The standard InChI is InChI=1S/C20H15N3O7S3/c1-30-18(24)10-22-14-5-4-13(33(2,28)29)9-16(14)32-20(22)21-19(25)17-8-11-7-12(23(26)27)3-6-15(11)31-17/h3-9H,10H2,1-2H3. The Bertz CT molecular complexity index is 1630. The zero-order valence-electron chi connectivity index (χ0n) is 17.2. The van der Waals surface area contributed by atoms with E-state index in [9.17, 15) is 28.1 Å². The van der Waals surface area contributed by atoms with Gasteiger partial charge in [-0.15, -0.1) is 11.3 Å². The van der Waals surface area contributed by atoms with Gasteiger partial charge in [0.2, 0.25) is 0 Å². The number of amides is 1. The number of aromatic nitrogens is 1. The molecule has 170 valence electrons. The van der Waals surface area contributed by atoms with Crippen molar-refractivity contribution in [2.45, 2.75) is 11.4 Å². The number of ether oxygens (including phenoxy) is 1. The van der Waals surface area contributed by atoms with Crippen LogP contribution >= 0.6 is 22.7 Å². The average Bonchev–Trinajstić information content (AvgIpc) is 3.33. The summed E-state index contributed by atoms with van der Waals surface area (Å²) in [6, 6.07) is 10.3. The van der Waals surface area contributed by atoms with Gasteiger partial charge in [0.1, 0.15) is 6.54 Å². The van der Waals surface area contributed by atoms with Gasteiger partial charge in [0, 0.05) is 28.5 Å². The zero-order valence-corrected chi connectivity index (χ0v) is 19.6. The third-order valence-electron chi connectivity index (χ3n) is 4.72. The Labute approximate surface area is 194 Å². The van der Waals surface area contributed by atoms with Crippen molar-refractivity contribution in [2.24, 2.45) is 4.99 Å². The number of esters is 1. The number of nitro groups is 1. The van der Waals surface area contributed by atoms with E-state index in [0.29, 0.717) is 20.3 Å². The lowest BCUT2D eigenvalue weighted by atomic mass is 10.2. The van der Waals surface area contributed by atoms with Gasteiger partial charge >= 0.3 is 5.97 Å². The van der Waals surface area contributed by atoms with Crippen molar-refractivity contribution in [3.05, 3.63) is 62.3 Å². The number of hydrogen-bond acceptors (Lipinski definition) is 9. The first-order valence-corrected chi connectivity index (χ1v) is 12.8. The molecule has 13 heteroatoms. The predicted molar refractivity (Wildman–Crippen MR) is 123 cm³/mol. The predicted octanol–water partition coefficient (Wildman–Crippen LogP) is 3.14. The second kappa shape index (κ2) is 8.50. The van der Waals surface area contributed by atoms with E-state index in [-0.39, 0.29) is 26.8 Å². The third-order valence-corrected chi connectivity index (χ3v) is 7.97. The number of rotatable bonds is 5. The first-order valence-electron chi connectivity index (χ1n) is 9.24. The summed E-state index contributed by atoms with van der Waals surface area (Å²) in [5.74, 6) is -1.16. The van der Waals surface area contributed by atoms with E-state index in [4.69, 9.17) is 4.74 Å². The SMILES string of the molecule is COC(=O)Cn1c(=NC(=O)c2cc3cc([N+](=O)[O-])ccc3s2)sc2cc(S(C)(=O)=O)ccc21. The van der Waals surface area contributed by atoms with Crippen molar-refractivity contribution in [3.8, 4) is 0 Å². The van der Waals surface area contributed by atoms with Crippen molar-refractivity contribution in [1.82, 2.24) is 4.57 Å². The Morgan fingerprint density at radius 2 is 1.88 bits per heavy atom. The molecule has 2 heterocycles. The van der Waals surface area contributed by atoms with Crippen LogP contribution in [-0.4, -0.2) is 43.2 Å². The van der Waals surface area contributed by atoms with Gasteiger partial charge in [0.25, 0.3) is 11.6 Å². The van der Waals surface area contributed by atoms with Crippen LogP contribution < -0.4 is 4.80 Å². The molecule has 0 fully saturated rings. The number of carbonyl (C=O) groups is 2. The number of nitro benzene ring substituents is 1. The molecule has 0 radical (unpaired) electrons. The molecule has 10 nitrogen and oxygen atoms in total. The molecule has 0 atom stereocenters. The first-order chi connectivity index (χ1) is 15.6. The quantitative estimate of drug-likeness (QED) is 0.231. The van der Waals surface area contributed by atoms with E-state index in [1.165, 1.54) is 42.0 Å². The summed E-state index contributed by atoms with van der Waals surface area (Å²) >= 11 is 2.20. The molecule has 4 rings (SSSR count). The van der Waals surface area contributed by atoms with Crippen LogP contribution in [-0.2, 0) is 25.9 Å². The number of non-ortho nitro benzene ring substituents is 1. The summed E-state index contributed by atoms with van der Waals surface area (Å²) in [6.07, 6.45) is 1.09. The molecular formula is C20H15N3O7S3. The van der Waals surface area contributed by atoms with Gasteiger partial charge in [-0.1, -0.05) is 11.3 Å². The smallest absolute Gasteiger partial charge is 0.325 e. The largest absolute Gasteiger partial charge is 0.468 e. The molecule has 0 saturated heterocycles. The molecule has 33 heavy (non-hydrogen) atoms. The molecular weight excluding hydrogens is 490 g/mol. The minimum atomic E-state index is -3.45. The topological polar surface area (TPSA) is 138 Å². The number of sulfone groups is 1. The van der Waals surface area contributed by atoms with Gasteiger partial charge in [-0.2, -0.15) is 4.99 Å². The molecule has 0 N–H and O–H groups in total. The fraction of sp³-hybridized carbons (Fsp3) is 0.150. The van der Waals surface area contributed by atoms with Crippen LogP contribution in [0.15, 0.2) is 52.4 Å². The summed E-state index contributed by atoms with van der Waals surface area (Å²) in [5.41, 5.74) is 0.440. The van der Waals surface area contributed by atoms with Gasteiger partial charge in [0.15, 0.2) is 14.6 Å². The number of nitrogens with zero attached hydrogens (tertiary/aromatic N) is 3. The minimum absolute atomic E-state index is 0.0849. The molecule has 0 aliphatic carbocycles. The number of methoxy groups -OCH3 is 1. The molecule has 2 aromatic heterocycles. The van der Waals surface area contributed by atoms with Crippen molar-refractivity contribution in [3.63, 3.8) is 0 Å². The van der Waals surface area contributed by atoms with Gasteiger partial charge in [-0.25, -0.2) is 8.42 Å². The van der Waals surface area contributed by atoms with Crippen LogP contribution in [0.5, 0.6) is 0 Å². The van der Waals surface area contributed by atoms with Crippen LogP contribution in [0.1, 0.15) is 9.67 Å².